The lowest BCUT2D eigenvalue weighted by atomic mass is 10.1. The minimum atomic E-state index is -3.81. The van der Waals surface area contributed by atoms with Gasteiger partial charge in [0.2, 0.25) is 10.0 Å². The zero-order chi connectivity index (χ0) is 15.0. The van der Waals surface area contributed by atoms with Crippen LogP contribution in [0.4, 0.5) is 0 Å². The van der Waals surface area contributed by atoms with E-state index in [1.54, 1.807) is 12.1 Å². The SMILES string of the molecule is O=C([O-])[C@H]1CCCN1S(=O)(=O)c1ccc2ccccc2c1. The second kappa shape index (κ2) is 5.13. The van der Waals surface area contributed by atoms with Crippen molar-refractivity contribution in [1.82, 2.24) is 4.31 Å². The van der Waals surface area contributed by atoms with E-state index in [9.17, 15) is 18.3 Å². The third-order valence-corrected chi connectivity index (χ3v) is 5.71. The molecule has 3 rings (SSSR count). The number of hydrogen-bond acceptors (Lipinski definition) is 4. The minimum Gasteiger partial charge on any atom is -0.548 e. The Labute approximate surface area is 122 Å². The molecule has 21 heavy (non-hydrogen) atoms. The molecule has 110 valence electrons. The summed E-state index contributed by atoms with van der Waals surface area (Å²) in [6.45, 7) is 0.216. The molecule has 0 aromatic heterocycles. The number of aliphatic carboxylic acids is 1. The molecule has 5 nitrogen and oxygen atoms in total. The summed E-state index contributed by atoms with van der Waals surface area (Å²) in [4.78, 5) is 11.2. The number of carbonyl (C=O) groups excluding carboxylic acids is 1. The molecule has 0 saturated carbocycles. The van der Waals surface area contributed by atoms with E-state index in [1.165, 1.54) is 6.07 Å². The van der Waals surface area contributed by atoms with Crippen LogP contribution in [0.15, 0.2) is 47.4 Å². The Kier molecular flexibility index (Phi) is 3.43. The van der Waals surface area contributed by atoms with Gasteiger partial charge in [-0.1, -0.05) is 30.3 Å². The van der Waals surface area contributed by atoms with E-state index in [2.05, 4.69) is 0 Å². The van der Waals surface area contributed by atoms with Crippen LogP contribution in [0.5, 0.6) is 0 Å². The maximum absolute atomic E-state index is 12.6. The van der Waals surface area contributed by atoms with E-state index < -0.39 is 22.0 Å². The van der Waals surface area contributed by atoms with Crippen molar-refractivity contribution in [2.75, 3.05) is 6.54 Å². The third-order valence-electron chi connectivity index (χ3n) is 3.80. The number of fused-ring (bicyclic) bond motifs is 1. The first-order chi connectivity index (χ1) is 10.00. The summed E-state index contributed by atoms with van der Waals surface area (Å²) in [7, 11) is -3.81. The Morgan fingerprint density at radius 2 is 1.86 bits per heavy atom. The van der Waals surface area contributed by atoms with Crippen molar-refractivity contribution in [3.8, 4) is 0 Å². The minimum absolute atomic E-state index is 0.120. The number of hydrogen-bond donors (Lipinski definition) is 0. The van der Waals surface area contributed by atoms with Gasteiger partial charge >= 0.3 is 0 Å². The van der Waals surface area contributed by atoms with Crippen LogP contribution in [0.25, 0.3) is 10.8 Å². The lowest BCUT2D eigenvalue weighted by Crippen LogP contribution is -2.46. The number of carbonyl (C=O) groups is 1. The highest BCUT2D eigenvalue weighted by atomic mass is 32.2. The highest BCUT2D eigenvalue weighted by Gasteiger charge is 2.35. The maximum Gasteiger partial charge on any atom is 0.243 e. The molecule has 0 unspecified atom stereocenters. The fraction of sp³-hybridized carbons (Fsp3) is 0.267. The predicted molar refractivity (Wildman–Crippen MR) is 75.9 cm³/mol. The predicted octanol–water partition coefficient (Wildman–Crippen LogP) is 0.743. The van der Waals surface area contributed by atoms with Gasteiger partial charge in [0.1, 0.15) is 0 Å². The summed E-state index contributed by atoms with van der Waals surface area (Å²) in [5.41, 5.74) is 0. The van der Waals surface area contributed by atoms with Crippen molar-refractivity contribution in [3.63, 3.8) is 0 Å². The van der Waals surface area contributed by atoms with Crippen LogP contribution in [-0.4, -0.2) is 31.3 Å². The lowest BCUT2D eigenvalue weighted by molar-refractivity contribution is -0.309. The van der Waals surface area contributed by atoms with Crippen LogP contribution in [0.3, 0.4) is 0 Å². The summed E-state index contributed by atoms with van der Waals surface area (Å²) in [5, 5.41) is 12.8. The zero-order valence-corrected chi connectivity index (χ0v) is 12.0. The van der Waals surface area contributed by atoms with Crippen molar-refractivity contribution < 1.29 is 18.3 Å². The van der Waals surface area contributed by atoms with Gasteiger partial charge in [-0.2, -0.15) is 4.31 Å². The lowest BCUT2D eigenvalue weighted by Gasteiger charge is -2.24. The van der Waals surface area contributed by atoms with Crippen LogP contribution in [0, 0.1) is 0 Å². The number of benzene rings is 2. The Hall–Kier alpha value is -1.92. The molecular formula is C15H14NO4S-. The molecule has 1 fully saturated rings. The van der Waals surface area contributed by atoms with E-state index in [0.29, 0.717) is 12.8 Å². The second-order valence-electron chi connectivity index (χ2n) is 5.10. The molecule has 1 aliphatic heterocycles. The van der Waals surface area contributed by atoms with Crippen molar-refractivity contribution in [2.24, 2.45) is 0 Å². The number of sulfonamides is 1. The fourth-order valence-corrected chi connectivity index (χ4v) is 4.41. The molecule has 1 aliphatic rings. The molecular weight excluding hydrogens is 290 g/mol. The first kappa shape index (κ1) is 14.0. The van der Waals surface area contributed by atoms with E-state index >= 15 is 0 Å². The normalized spacial score (nSPS) is 19.9. The summed E-state index contributed by atoms with van der Waals surface area (Å²) < 4.78 is 26.3. The average Bonchev–Trinajstić information content (AvgIpc) is 2.97. The molecule has 0 amide bonds. The quantitative estimate of drug-likeness (QED) is 0.838. The highest BCUT2D eigenvalue weighted by Crippen LogP contribution is 2.27. The monoisotopic (exact) mass is 304 g/mol. The third kappa shape index (κ3) is 2.41. The zero-order valence-electron chi connectivity index (χ0n) is 11.2. The van der Waals surface area contributed by atoms with Gasteiger partial charge in [0.25, 0.3) is 0 Å². The van der Waals surface area contributed by atoms with Crippen LogP contribution >= 0.6 is 0 Å². The molecule has 0 bridgehead atoms. The molecule has 6 heteroatoms. The maximum atomic E-state index is 12.6. The average molecular weight is 304 g/mol. The molecule has 0 spiro atoms. The van der Waals surface area contributed by atoms with E-state index in [-0.39, 0.29) is 11.4 Å². The van der Waals surface area contributed by atoms with E-state index in [1.807, 2.05) is 24.3 Å². The van der Waals surface area contributed by atoms with Crippen molar-refractivity contribution >= 4 is 26.8 Å². The van der Waals surface area contributed by atoms with Gasteiger partial charge in [0, 0.05) is 6.54 Å². The Bertz CT molecular complexity index is 800. The summed E-state index contributed by atoms with van der Waals surface area (Å²) in [6.07, 6.45) is 0.834. The summed E-state index contributed by atoms with van der Waals surface area (Å²) in [5.74, 6) is -1.34. The number of carboxylic acids is 1. The van der Waals surface area contributed by atoms with Crippen molar-refractivity contribution in [3.05, 3.63) is 42.5 Å². The molecule has 2 aromatic rings. The smallest absolute Gasteiger partial charge is 0.243 e. The highest BCUT2D eigenvalue weighted by molar-refractivity contribution is 7.89. The Morgan fingerprint density at radius 3 is 2.57 bits per heavy atom. The fourth-order valence-electron chi connectivity index (χ4n) is 2.73. The van der Waals surface area contributed by atoms with Crippen LogP contribution < -0.4 is 5.11 Å². The van der Waals surface area contributed by atoms with Gasteiger partial charge in [0.05, 0.1) is 16.9 Å². The molecule has 1 heterocycles. The first-order valence-electron chi connectivity index (χ1n) is 6.72. The van der Waals surface area contributed by atoms with E-state index in [0.717, 1.165) is 15.1 Å². The molecule has 1 saturated heterocycles. The molecule has 0 aliphatic carbocycles. The van der Waals surface area contributed by atoms with Crippen LogP contribution in [0.1, 0.15) is 12.8 Å². The standard InChI is InChI=1S/C15H15NO4S/c17-15(18)14-6-3-9-16(14)21(19,20)13-8-7-11-4-1-2-5-12(11)10-13/h1-2,4-5,7-8,10,14H,3,6,9H2,(H,17,18)/p-1/t14-/m1/s1. The van der Waals surface area contributed by atoms with Crippen molar-refractivity contribution in [2.45, 2.75) is 23.8 Å². The van der Waals surface area contributed by atoms with Gasteiger partial charge < -0.3 is 9.90 Å². The van der Waals surface area contributed by atoms with E-state index in [4.69, 9.17) is 0 Å². The summed E-state index contributed by atoms with van der Waals surface area (Å²) >= 11 is 0. The Morgan fingerprint density at radius 1 is 1.14 bits per heavy atom. The number of nitrogens with zero attached hydrogens (tertiary/aromatic N) is 1. The molecule has 1 atom stereocenters. The number of rotatable bonds is 3. The van der Waals surface area contributed by atoms with Gasteiger partial charge in [-0.05, 0) is 35.7 Å². The number of carboxylic acid groups (broad SMARTS) is 1. The van der Waals surface area contributed by atoms with Gasteiger partial charge in [0.15, 0.2) is 0 Å². The van der Waals surface area contributed by atoms with Gasteiger partial charge in [-0.15, -0.1) is 0 Å². The topological polar surface area (TPSA) is 77.5 Å². The largest absolute Gasteiger partial charge is 0.548 e. The van der Waals surface area contributed by atoms with Crippen LogP contribution in [-0.2, 0) is 14.8 Å². The molecule has 0 radical (unpaired) electrons. The molecule has 2 aromatic carbocycles. The summed E-state index contributed by atoms with van der Waals surface area (Å²) in [6, 6.07) is 11.2. The van der Waals surface area contributed by atoms with Gasteiger partial charge in [-0.3, -0.25) is 0 Å². The molecule has 0 N–H and O–H groups in total. The van der Waals surface area contributed by atoms with Crippen LogP contribution in [0.2, 0.25) is 0 Å². The van der Waals surface area contributed by atoms with Crippen molar-refractivity contribution in [1.29, 1.82) is 0 Å². The van der Waals surface area contributed by atoms with Gasteiger partial charge in [-0.25, -0.2) is 8.42 Å². The second-order valence-corrected chi connectivity index (χ2v) is 6.99. The first-order valence-corrected chi connectivity index (χ1v) is 8.16. The Balaban J connectivity index is 2.05.